The molecule has 0 aliphatic carbocycles. The van der Waals surface area contributed by atoms with Crippen LogP contribution in [0.15, 0.2) is 48.7 Å². The molecule has 1 aromatic carbocycles. The Morgan fingerprint density at radius 1 is 1.20 bits per heavy atom. The summed E-state index contributed by atoms with van der Waals surface area (Å²) in [7, 11) is 0. The normalized spacial score (nSPS) is 9.90. The van der Waals surface area contributed by atoms with Crippen LogP contribution >= 0.6 is 12.8 Å². The minimum Gasteiger partial charge on any atom is -0.291 e. The molecule has 0 fully saturated rings. The largest absolute Gasteiger partial charge is 0.340 e. The maximum absolute atomic E-state index is 12.0. The lowest BCUT2D eigenvalue weighted by Gasteiger charge is -2.14. The number of anilines is 1. The Balaban J connectivity index is 2.07. The molecule has 1 heterocycles. The molecule has 0 spiro atoms. The highest BCUT2D eigenvalue weighted by Crippen LogP contribution is 2.11. The van der Waals surface area contributed by atoms with Gasteiger partial charge in [-0.05, 0) is 36.8 Å². The number of benzene rings is 1. The third-order valence-corrected chi connectivity index (χ3v) is 2.92. The van der Waals surface area contributed by atoms with Gasteiger partial charge in [0.2, 0.25) is 0 Å². The molecule has 3 amide bonds. The molecule has 0 unspecified atom stereocenters. The van der Waals surface area contributed by atoms with Gasteiger partial charge in [0.15, 0.2) is 0 Å². The molecular weight excluding hydrogens is 274 g/mol. The van der Waals surface area contributed by atoms with Crippen LogP contribution in [-0.4, -0.2) is 21.2 Å². The molecule has 0 aliphatic heterocycles. The average molecular weight is 287 g/mol. The van der Waals surface area contributed by atoms with Gasteiger partial charge in [-0.3, -0.25) is 10.1 Å². The second-order valence-corrected chi connectivity index (χ2v) is 4.53. The lowest BCUT2D eigenvalue weighted by molar-refractivity contribution is 0.0902. The van der Waals surface area contributed by atoms with Crippen LogP contribution in [0, 0.1) is 6.92 Å². The highest BCUT2D eigenvalue weighted by atomic mass is 32.1. The zero-order valence-corrected chi connectivity index (χ0v) is 11.7. The van der Waals surface area contributed by atoms with Gasteiger partial charge in [0.05, 0.1) is 0 Å². The SMILES string of the molecule is Cc1ccnc(NC(=O)N(S)C(=O)c2ccccc2)c1. The van der Waals surface area contributed by atoms with E-state index in [1.807, 2.05) is 13.0 Å². The molecule has 1 N–H and O–H groups in total. The summed E-state index contributed by atoms with van der Waals surface area (Å²) in [5.41, 5.74) is 1.34. The van der Waals surface area contributed by atoms with E-state index in [4.69, 9.17) is 0 Å². The molecule has 0 radical (unpaired) electrons. The van der Waals surface area contributed by atoms with E-state index in [0.29, 0.717) is 11.4 Å². The van der Waals surface area contributed by atoms with E-state index in [-0.39, 0.29) is 0 Å². The number of urea groups is 1. The van der Waals surface area contributed by atoms with Crippen molar-refractivity contribution in [1.82, 2.24) is 9.29 Å². The lowest BCUT2D eigenvalue weighted by atomic mass is 10.2. The first-order chi connectivity index (χ1) is 9.58. The number of aryl methyl sites for hydroxylation is 1. The maximum Gasteiger partial charge on any atom is 0.340 e. The van der Waals surface area contributed by atoms with E-state index in [2.05, 4.69) is 23.1 Å². The molecule has 6 heteroatoms. The molecule has 0 saturated carbocycles. The van der Waals surface area contributed by atoms with Crippen LogP contribution in [0.25, 0.3) is 0 Å². The van der Waals surface area contributed by atoms with Gasteiger partial charge in [0.25, 0.3) is 5.91 Å². The van der Waals surface area contributed by atoms with E-state index in [1.165, 1.54) is 0 Å². The van der Waals surface area contributed by atoms with E-state index < -0.39 is 11.9 Å². The molecule has 0 bridgehead atoms. The number of nitrogens with zero attached hydrogens (tertiary/aromatic N) is 2. The summed E-state index contributed by atoms with van der Waals surface area (Å²) >= 11 is 3.93. The summed E-state index contributed by atoms with van der Waals surface area (Å²) in [5.74, 6) is -0.131. The number of rotatable bonds is 2. The standard InChI is InChI=1S/C14H13N3O2S/c1-10-7-8-15-12(9-10)16-14(19)17(20)13(18)11-5-3-2-4-6-11/h2-9,20H,1H3,(H,15,16,19). The number of carbonyl (C=O) groups is 2. The Morgan fingerprint density at radius 2 is 1.90 bits per heavy atom. The van der Waals surface area contributed by atoms with Crippen molar-refractivity contribution in [3.63, 3.8) is 0 Å². The van der Waals surface area contributed by atoms with Crippen LogP contribution < -0.4 is 5.32 Å². The summed E-state index contributed by atoms with van der Waals surface area (Å²) in [5, 5.41) is 2.51. The number of hydrogen-bond acceptors (Lipinski definition) is 4. The summed E-state index contributed by atoms with van der Waals surface area (Å²) in [4.78, 5) is 27.9. The van der Waals surface area contributed by atoms with Gasteiger partial charge in [-0.15, -0.1) is 0 Å². The fourth-order valence-corrected chi connectivity index (χ4v) is 1.73. The molecule has 0 atom stereocenters. The van der Waals surface area contributed by atoms with E-state index in [0.717, 1.165) is 9.87 Å². The summed E-state index contributed by atoms with van der Waals surface area (Å²) in [6, 6.07) is 11.3. The summed E-state index contributed by atoms with van der Waals surface area (Å²) in [6.45, 7) is 1.88. The number of nitrogens with one attached hydrogen (secondary N) is 1. The summed E-state index contributed by atoms with van der Waals surface area (Å²) in [6.07, 6.45) is 1.58. The fraction of sp³-hybridized carbons (Fsp3) is 0.0714. The fourth-order valence-electron chi connectivity index (χ4n) is 1.56. The zero-order valence-electron chi connectivity index (χ0n) is 10.8. The van der Waals surface area contributed by atoms with Gasteiger partial charge in [-0.25, -0.2) is 14.1 Å². The molecule has 2 rings (SSSR count). The van der Waals surface area contributed by atoms with Gasteiger partial charge in [0.1, 0.15) is 5.82 Å². The average Bonchev–Trinajstić information content (AvgIpc) is 2.46. The molecule has 5 nitrogen and oxygen atoms in total. The van der Waals surface area contributed by atoms with Crippen LogP contribution in [-0.2, 0) is 0 Å². The number of carbonyl (C=O) groups excluding carboxylic acids is 2. The lowest BCUT2D eigenvalue weighted by Crippen LogP contribution is -2.32. The first-order valence-corrected chi connectivity index (χ1v) is 6.30. The highest BCUT2D eigenvalue weighted by Gasteiger charge is 2.19. The number of pyridine rings is 1. The van der Waals surface area contributed by atoms with Gasteiger partial charge >= 0.3 is 6.03 Å². The molecule has 2 aromatic rings. The van der Waals surface area contributed by atoms with Gasteiger partial charge in [-0.2, -0.15) is 0 Å². The summed E-state index contributed by atoms with van der Waals surface area (Å²) < 4.78 is 0.722. The number of thiol groups is 1. The number of amides is 3. The molecule has 0 aliphatic rings. The van der Waals surface area contributed by atoms with Crippen LogP contribution in [0.3, 0.4) is 0 Å². The van der Waals surface area contributed by atoms with Crippen LogP contribution in [0.4, 0.5) is 10.6 Å². The highest BCUT2D eigenvalue weighted by molar-refractivity contribution is 7.79. The molecular formula is C14H13N3O2S. The van der Waals surface area contributed by atoms with Crippen molar-refractivity contribution in [2.45, 2.75) is 6.92 Å². The van der Waals surface area contributed by atoms with E-state index in [1.54, 1.807) is 42.6 Å². The maximum atomic E-state index is 12.0. The Bertz CT molecular complexity index is 631. The van der Waals surface area contributed by atoms with E-state index >= 15 is 0 Å². The van der Waals surface area contributed by atoms with Crippen molar-refractivity contribution in [1.29, 1.82) is 0 Å². The minimum absolute atomic E-state index is 0.370. The van der Waals surface area contributed by atoms with Crippen molar-refractivity contribution >= 4 is 30.6 Å². The quantitative estimate of drug-likeness (QED) is 0.835. The second-order valence-electron chi connectivity index (χ2n) is 4.13. The van der Waals surface area contributed by atoms with Crippen molar-refractivity contribution in [3.05, 3.63) is 59.8 Å². The third-order valence-electron chi connectivity index (χ3n) is 2.56. The predicted octanol–water partition coefficient (Wildman–Crippen LogP) is 2.91. The topological polar surface area (TPSA) is 62.3 Å². The van der Waals surface area contributed by atoms with Crippen molar-refractivity contribution in [3.8, 4) is 0 Å². The zero-order chi connectivity index (χ0) is 14.5. The van der Waals surface area contributed by atoms with Gasteiger partial charge < -0.3 is 0 Å². The number of hydrogen-bond donors (Lipinski definition) is 2. The van der Waals surface area contributed by atoms with E-state index in [9.17, 15) is 9.59 Å². The number of imide groups is 1. The second kappa shape index (κ2) is 6.21. The van der Waals surface area contributed by atoms with Gasteiger partial charge in [0, 0.05) is 11.8 Å². The minimum atomic E-state index is -0.653. The smallest absolute Gasteiger partial charge is 0.291 e. The first kappa shape index (κ1) is 14.1. The number of aromatic nitrogens is 1. The van der Waals surface area contributed by atoms with Crippen LogP contribution in [0.1, 0.15) is 15.9 Å². The van der Waals surface area contributed by atoms with Gasteiger partial charge in [-0.1, -0.05) is 31.0 Å². The molecule has 20 heavy (non-hydrogen) atoms. The Labute approximate surface area is 122 Å². The van der Waals surface area contributed by atoms with Crippen LogP contribution in [0.2, 0.25) is 0 Å². The van der Waals surface area contributed by atoms with Crippen molar-refractivity contribution in [2.24, 2.45) is 0 Å². The first-order valence-electron chi connectivity index (χ1n) is 5.90. The van der Waals surface area contributed by atoms with Crippen LogP contribution in [0.5, 0.6) is 0 Å². The monoisotopic (exact) mass is 287 g/mol. The Hall–Kier alpha value is -2.34. The van der Waals surface area contributed by atoms with Crippen molar-refractivity contribution < 1.29 is 9.59 Å². The van der Waals surface area contributed by atoms with Crippen molar-refractivity contribution in [2.75, 3.05) is 5.32 Å². The Morgan fingerprint density at radius 3 is 2.55 bits per heavy atom. The molecule has 1 aromatic heterocycles. The molecule has 102 valence electrons. The third kappa shape index (κ3) is 3.36. The predicted molar refractivity (Wildman–Crippen MR) is 79.6 cm³/mol. The molecule has 0 saturated heterocycles. The Kier molecular flexibility index (Phi) is 4.37.